The Morgan fingerprint density at radius 3 is 1.83 bits per heavy atom. The zero-order valence-corrected chi connectivity index (χ0v) is 13.1. The molecule has 10 heteroatoms. The van der Waals surface area contributed by atoms with Gasteiger partial charge in [0.25, 0.3) is 0 Å². The molecule has 1 aromatic carbocycles. The summed E-state index contributed by atoms with van der Waals surface area (Å²) < 4.78 is 92.8. The van der Waals surface area contributed by atoms with Gasteiger partial charge in [-0.3, -0.25) is 0 Å². The average Bonchev–Trinajstić information content (AvgIpc) is 2.32. The highest BCUT2D eigenvalue weighted by Crippen LogP contribution is 2.29. The molecule has 1 atom stereocenters. The highest BCUT2D eigenvalue weighted by molar-refractivity contribution is 7.91. The maximum absolute atomic E-state index is 13.0. The molecule has 0 aliphatic rings. The van der Waals surface area contributed by atoms with Crippen molar-refractivity contribution < 1.29 is 35.6 Å². The van der Waals surface area contributed by atoms with E-state index in [0.717, 1.165) is 24.3 Å². The van der Waals surface area contributed by atoms with E-state index >= 15 is 0 Å². The Hall–Kier alpha value is -1.42. The standard InChI is InChI=1S/C13H13F6NO2S/c1-11(2,3)23(21)20-10(12(14,15)16)8-4-6-9(7-5-8)22-13(17,18)19/h4-7H,1-3H3. The van der Waals surface area contributed by atoms with Gasteiger partial charge in [0.15, 0.2) is 0 Å². The van der Waals surface area contributed by atoms with Gasteiger partial charge in [-0.15, -0.1) is 13.2 Å². The quantitative estimate of drug-likeness (QED) is 0.455. The van der Waals surface area contributed by atoms with Gasteiger partial charge in [0.1, 0.15) is 21.9 Å². The Morgan fingerprint density at radius 2 is 1.48 bits per heavy atom. The normalized spacial score (nSPS) is 15.5. The van der Waals surface area contributed by atoms with Crippen molar-refractivity contribution in [2.45, 2.75) is 38.1 Å². The minimum atomic E-state index is -4.95. The lowest BCUT2D eigenvalue weighted by molar-refractivity contribution is -0.274. The summed E-state index contributed by atoms with van der Waals surface area (Å²) in [6, 6.07) is 2.99. The number of rotatable bonds is 3. The van der Waals surface area contributed by atoms with E-state index in [1.807, 2.05) is 0 Å². The van der Waals surface area contributed by atoms with E-state index in [2.05, 4.69) is 9.13 Å². The van der Waals surface area contributed by atoms with Crippen molar-refractivity contribution in [3.8, 4) is 5.75 Å². The zero-order chi connectivity index (χ0) is 18.1. The van der Waals surface area contributed by atoms with Gasteiger partial charge in [0.05, 0.1) is 0 Å². The van der Waals surface area contributed by atoms with E-state index in [1.165, 1.54) is 20.8 Å². The van der Waals surface area contributed by atoms with E-state index in [9.17, 15) is 30.9 Å². The molecule has 130 valence electrons. The molecule has 1 rings (SSSR count). The minimum Gasteiger partial charge on any atom is -0.591 e. The summed E-state index contributed by atoms with van der Waals surface area (Å²) >= 11 is -2.18. The number of hydrogen-bond acceptors (Lipinski definition) is 3. The second kappa shape index (κ2) is 6.60. The van der Waals surface area contributed by atoms with Crippen LogP contribution < -0.4 is 4.74 Å². The summed E-state index contributed by atoms with van der Waals surface area (Å²) in [5.74, 6) is -0.667. The van der Waals surface area contributed by atoms with E-state index in [-0.39, 0.29) is 0 Å². The number of nitrogens with zero attached hydrogens (tertiary/aromatic N) is 1. The van der Waals surface area contributed by atoms with E-state index in [4.69, 9.17) is 0 Å². The zero-order valence-electron chi connectivity index (χ0n) is 12.2. The molecule has 0 aromatic heterocycles. The third kappa shape index (κ3) is 6.30. The molecule has 0 saturated heterocycles. The van der Waals surface area contributed by atoms with Crippen molar-refractivity contribution in [3.05, 3.63) is 29.8 Å². The van der Waals surface area contributed by atoms with Crippen LogP contribution in [0.4, 0.5) is 26.3 Å². The molecule has 0 spiro atoms. The maximum Gasteiger partial charge on any atom is 0.573 e. The molecule has 0 amide bonds. The second-order valence-electron chi connectivity index (χ2n) is 5.37. The predicted octanol–water partition coefficient (Wildman–Crippen LogP) is 4.40. The van der Waals surface area contributed by atoms with Crippen molar-refractivity contribution in [1.29, 1.82) is 0 Å². The van der Waals surface area contributed by atoms with Crippen LogP contribution >= 0.6 is 0 Å². The summed E-state index contributed by atoms with van der Waals surface area (Å²) in [4.78, 5) is 0. The monoisotopic (exact) mass is 361 g/mol. The van der Waals surface area contributed by atoms with Crippen LogP contribution in [0.5, 0.6) is 5.75 Å². The van der Waals surface area contributed by atoms with Crippen molar-refractivity contribution >= 4 is 17.1 Å². The first-order valence-electron chi connectivity index (χ1n) is 6.14. The molecule has 23 heavy (non-hydrogen) atoms. The lowest BCUT2D eigenvalue weighted by Crippen LogP contribution is -2.31. The first-order chi connectivity index (χ1) is 10.2. The topological polar surface area (TPSA) is 44.7 Å². The van der Waals surface area contributed by atoms with Crippen molar-refractivity contribution in [3.63, 3.8) is 0 Å². The SMILES string of the molecule is CC(C)(C)[S+]([O-])N=C(c1ccc(OC(F)(F)F)cc1)C(F)(F)F. The lowest BCUT2D eigenvalue weighted by atomic mass is 10.1. The van der Waals surface area contributed by atoms with Gasteiger partial charge in [0, 0.05) is 5.56 Å². The average molecular weight is 361 g/mol. The van der Waals surface area contributed by atoms with E-state index in [0.29, 0.717) is 0 Å². The largest absolute Gasteiger partial charge is 0.591 e. The number of hydrogen-bond donors (Lipinski definition) is 0. The van der Waals surface area contributed by atoms with Gasteiger partial charge < -0.3 is 9.29 Å². The Kier molecular flexibility index (Phi) is 5.63. The predicted molar refractivity (Wildman–Crippen MR) is 73.6 cm³/mol. The Bertz CT molecular complexity index is 560. The Morgan fingerprint density at radius 1 is 1.00 bits per heavy atom. The molecule has 1 unspecified atom stereocenters. The third-order valence-corrected chi connectivity index (χ3v) is 3.72. The Balaban J connectivity index is 3.18. The van der Waals surface area contributed by atoms with Crippen LogP contribution in [0.3, 0.4) is 0 Å². The van der Waals surface area contributed by atoms with Crippen LogP contribution in [0.25, 0.3) is 0 Å². The van der Waals surface area contributed by atoms with Crippen LogP contribution in [0, 0.1) is 0 Å². The molecule has 0 fully saturated rings. The molecule has 0 N–H and O–H groups in total. The van der Waals surface area contributed by atoms with Crippen LogP contribution in [-0.4, -0.2) is 27.6 Å². The molecule has 0 radical (unpaired) electrons. The molecule has 1 aromatic rings. The molecule has 0 aliphatic heterocycles. The maximum atomic E-state index is 13.0. The summed E-state index contributed by atoms with van der Waals surface area (Å²) in [6.45, 7) is 4.34. The summed E-state index contributed by atoms with van der Waals surface area (Å²) in [5, 5.41) is 0. The van der Waals surface area contributed by atoms with Gasteiger partial charge >= 0.3 is 12.5 Å². The molecular weight excluding hydrogens is 348 g/mol. The summed E-state index contributed by atoms with van der Waals surface area (Å²) in [5.41, 5.74) is -1.94. The fourth-order valence-corrected chi connectivity index (χ4v) is 1.95. The molecule has 0 bridgehead atoms. The van der Waals surface area contributed by atoms with Crippen molar-refractivity contribution in [1.82, 2.24) is 0 Å². The molecule has 3 nitrogen and oxygen atoms in total. The van der Waals surface area contributed by atoms with Gasteiger partial charge in [-0.05, 0) is 45.0 Å². The smallest absolute Gasteiger partial charge is 0.573 e. The number of halogens is 6. The summed E-state index contributed by atoms with van der Waals surface area (Å²) in [7, 11) is 0. The van der Waals surface area contributed by atoms with E-state index < -0.39 is 45.7 Å². The first-order valence-corrected chi connectivity index (χ1v) is 7.25. The number of alkyl halides is 6. The fraction of sp³-hybridized carbons (Fsp3) is 0.462. The molecule has 0 heterocycles. The molecule has 0 aliphatic carbocycles. The van der Waals surface area contributed by atoms with Crippen LogP contribution in [0.15, 0.2) is 28.7 Å². The first kappa shape index (κ1) is 19.6. The van der Waals surface area contributed by atoms with E-state index in [1.54, 1.807) is 0 Å². The van der Waals surface area contributed by atoms with Gasteiger partial charge in [-0.1, -0.05) is 4.40 Å². The van der Waals surface area contributed by atoms with Crippen LogP contribution in [-0.2, 0) is 11.4 Å². The van der Waals surface area contributed by atoms with Crippen molar-refractivity contribution in [2.24, 2.45) is 4.40 Å². The third-order valence-electron chi connectivity index (χ3n) is 2.33. The fourth-order valence-electron chi connectivity index (χ4n) is 1.30. The van der Waals surface area contributed by atoms with Crippen LogP contribution in [0.2, 0.25) is 0 Å². The lowest BCUT2D eigenvalue weighted by Gasteiger charge is -2.20. The summed E-state index contributed by atoms with van der Waals surface area (Å²) in [6.07, 6.45) is -9.86. The van der Waals surface area contributed by atoms with Gasteiger partial charge in [-0.2, -0.15) is 13.2 Å². The van der Waals surface area contributed by atoms with Crippen LogP contribution in [0.1, 0.15) is 26.3 Å². The molecule has 0 saturated carbocycles. The minimum absolute atomic E-state index is 0.510. The van der Waals surface area contributed by atoms with Crippen molar-refractivity contribution in [2.75, 3.05) is 0 Å². The van der Waals surface area contributed by atoms with Gasteiger partial charge in [-0.25, -0.2) is 0 Å². The highest BCUT2D eigenvalue weighted by atomic mass is 32.2. The van der Waals surface area contributed by atoms with Gasteiger partial charge in [0.2, 0.25) is 5.71 Å². The number of benzene rings is 1. The Labute approximate surface area is 131 Å². The second-order valence-corrected chi connectivity index (χ2v) is 7.28. The molecular formula is C13H13F6NO2S. The highest BCUT2D eigenvalue weighted by Gasteiger charge is 2.41. The number of ether oxygens (including phenoxy) is 1.